The van der Waals surface area contributed by atoms with Gasteiger partial charge < -0.3 is 10.4 Å². The molecule has 2 rings (SSSR count). The molecule has 1 aromatic heterocycles. The third-order valence-corrected chi connectivity index (χ3v) is 3.48. The van der Waals surface area contributed by atoms with Crippen LogP contribution in [0.2, 0.25) is 5.02 Å². The predicted molar refractivity (Wildman–Crippen MR) is 84.0 cm³/mol. The maximum absolute atomic E-state index is 9.38. The van der Waals surface area contributed by atoms with E-state index in [1.165, 1.54) is 0 Å². The van der Waals surface area contributed by atoms with Crippen molar-refractivity contribution in [2.24, 2.45) is 5.92 Å². The summed E-state index contributed by atoms with van der Waals surface area (Å²) in [7, 11) is 0. The summed E-state index contributed by atoms with van der Waals surface area (Å²) in [4.78, 5) is 4.25. The van der Waals surface area contributed by atoms with Crippen molar-refractivity contribution in [1.29, 1.82) is 0 Å². The van der Waals surface area contributed by atoms with Crippen LogP contribution in [0.1, 0.15) is 13.8 Å². The maximum Gasteiger partial charge on any atom is 0.0635 e. The zero-order chi connectivity index (χ0) is 14.5. The van der Waals surface area contributed by atoms with Gasteiger partial charge in [-0.1, -0.05) is 37.6 Å². The second kappa shape index (κ2) is 6.73. The second-order valence-corrected chi connectivity index (χ2v) is 5.59. The number of hydrogen-bond acceptors (Lipinski definition) is 3. The van der Waals surface area contributed by atoms with Crippen LogP contribution in [-0.4, -0.2) is 22.7 Å². The molecule has 0 aliphatic heterocycles. The third kappa shape index (κ3) is 3.71. The molecule has 0 amide bonds. The minimum Gasteiger partial charge on any atom is -0.394 e. The van der Waals surface area contributed by atoms with Crippen molar-refractivity contribution in [2.45, 2.75) is 19.9 Å². The van der Waals surface area contributed by atoms with Crippen molar-refractivity contribution >= 4 is 17.3 Å². The summed E-state index contributed by atoms with van der Waals surface area (Å²) in [6.07, 6.45) is 3.57. The molecular formula is C16H19ClN2O. The van der Waals surface area contributed by atoms with Gasteiger partial charge in [0, 0.05) is 23.0 Å². The quantitative estimate of drug-likeness (QED) is 0.879. The summed E-state index contributed by atoms with van der Waals surface area (Å²) >= 11 is 6.01. The Kier molecular flexibility index (Phi) is 4.99. The fourth-order valence-corrected chi connectivity index (χ4v) is 2.17. The van der Waals surface area contributed by atoms with Gasteiger partial charge in [-0.15, -0.1) is 0 Å². The molecule has 0 fully saturated rings. The zero-order valence-corrected chi connectivity index (χ0v) is 12.4. The van der Waals surface area contributed by atoms with Gasteiger partial charge in [-0.25, -0.2) is 0 Å². The summed E-state index contributed by atoms with van der Waals surface area (Å²) in [6, 6.07) is 9.71. The number of nitrogens with one attached hydrogen (secondary N) is 1. The number of pyridine rings is 1. The molecule has 20 heavy (non-hydrogen) atoms. The van der Waals surface area contributed by atoms with E-state index < -0.39 is 0 Å². The van der Waals surface area contributed by atoms with Gasteiger partial charge in [-0.2, -0.15) is 0 Å². The molecule has 2 N–H and O–H groups in total. The lowest BCUT2D eigenvalue weighted by atomic mass is 10.0. The van der Waals surface area contributed by atoms with E-state index in [1.807, 2.05) is 30.3 Å². The van der Waals surface area contributed by atoms with E-state index in [9.17, 15) is 5.11 Å². The molecule has 1 heterocycles. The topological polar surface area (TPSA) is 45.1 Å². The Hall–Kier alpha value is -1.58. The lowest BCUT2D eigenvalue weighted by Gasteiger charge is -2.21. The number of aliphatic hydroxyl groups is 1. The van der Waals surface area contributed by atoms with Gasteiger partial charge in [0.25, 0.3) is 0 Å². The third-order valence-electron chi connectivity index (χ3n) is 3.25. The van der Waals surface area contributed by atoms with Crippen molar-refractivity contribution in [1.82, 2.24) is 4.98 Å². The van der Waals surface area contributed by atoms with E-state index in [-0.39, 0.29) is 12.6 Å². The van der Waals surface area contributed by atoms with Gasteiger partial charge in [0.2, 0.25) is 0 Å². The molecule has 0 bridgehead atoms. The predicted octanol–water partition coefficient (Wildman–Crippen LogP) is 3.83. The number of anilines is 1. The summed E-state index contributed by atoms with van der Waals surface area (Å²) in [5.74, 6) is 0.342. The smallest absolute Gasteiger partial charge is 0.0635 e. The van der Waals surface area contributed by atoms with Crippen LogP contribution in [-0.2, 0) is 0 Å². The zero-order valence-electron chi connectivity index (χ0n) is 11.7. The molecule has 2 aromatic rings. The largest absolute Gasteiger partial charge is 0.394 e. The highest BCUT2D eigenvalue weighted by atomic mass is 35.5. The Bertz CT molecular complexity index is 572. The Morgan fingerprint density at radius 3 is 2.65 bits per heavy atom. The first-order chi connectivity index (χ1) is 9.60. The maximum atomic E-state index is 9.38. The summed E-state index contributed by atoms with van der Waals surface area (Å²) in [5, 5.41) is 13.4. The highest BCUT2D eigenvalue weighted by molar-refractivity contribution is 6.30. The molecule has 0 aliphatic carbocycles. The number of aromatic nitrogens is 1. The number of hydrogen-bond donors (Lipinski definition) is 2. The molecule has 4 heteroatoms. The van der Waals surface area contributed by atoms with Gasteiger partial charge in [-0.3, -0.25) is 4.98 Å². The van der Waals surface area contributed by atoms with Crippen LogP contribution in [0.4, 0.5) is 5.69 Å². The first-order valence-corrected chi connectivity index (χ1v) is 7.06. The number of benzene rings is 1. The second-order valence-electron chi connectivity index (χ2n) is 5.15. The van der Waals surface area contributed by atoms with E-state index in [0.717, 1.165) is 16.8 Å². The number of nitrogens with zero attached hydrogens (tertiary/aromatic N) is 1. The molecule has 1 atom stereocenters. The molecule has 0 aliphatic rings. The van der Waals surface area contributed by atoms with E-state index >= 15 is 0 Å². The molecule has 0 radical (unpaired) electrons. The van der Waals surface area contributed by atoms with Crippen molar-refractivity contribution in [3.8, 4) is 11.1 Å². The molecule has 3 nitrogen and oxygen atoms in total. The molecule has 0 saturated carbocycles. The van der Waals surface area contributed by atoms with Crippen molar-refractivity contribution in [3.05, 3.63) is 47.7 Å². The van der Waals surface area contributed by atoms with Crippen LogP contribution in [0.3, 0.4) is 0 Å². The van der Waals surface area contributed by atoms with Crippen LogP contribution in [0, 0.1) is 5.92 Å². The molecule has 0 saturated heterocycles. The average molecular weight is 291 g/mol. The van der Waals surface area contributed by atoms with Gasteiger partial charge in [0.05, 0.1) is 18.3 Å². The Balaban J connectivity index is 2.24. The van der Waals surface area contributed by atoms with Crippen LogP contribution in [0.15, 0.2) is 42.7 Å². The van der Waals surface area contributed by atoms with Crippen LogP contribution in [0.25, 0.3) is 11.1 Å². The van der Waals surface area contributed by atoms with Crippen molar-refractivity contribution in [2.75, 3.05) is 11.9 Å². The summed E-state index contributed by atoms with van der Waals surface area (Å²) < 4.78 is 0. The van der Waals surface area contributed by atoms with Gasteiger partial charge in [-0.05, 0) is 29.7 Å². The normalized spacial score (nSPS) is 12.4. The van der Waals surface area contributed by atoms with Crippen molar-refractivity contribution in [3.63, 3.8) is 0 Å². The highest BCUT2D eigenvalue weighted by Gasteiger charge is 2.12. The molecular weight excluding hydrogens is 272 g/mol. The van der Waals surface area contributed by atoms with Crippen molar-refractivity contribution < 1.29 is 5.11 Å². The summed E-state index contributed by atoms with van der Waals surface area (Å²) in [6.45, 7) is 4.24. The number of rotatable bonds is 5. The number of aliphatic hydroxyl groups excluding tert-OH is 1. The van der Waals surface area contributed by atoms with E-state index in [1.54, 1.807) is 12.4 Å². The fourth-order valence-electron chi connectivity index (χ4n) is 1.98. The Labute approximate surface area is 124 Å². The van der Waals surface area contributed by atoms with Gasteiger partial charge >= 0.3 is 0 Å². The minimum atomic E-state index is 0.0198. The van der Waals surface area contributed by atoms with Crippen LogP contribution >= 0.6 is 11.6 Å². The lowest BCUT2D eigenvalue weighted by Crippen LogP contribution is -2.29. The monoisotopic (exact) mass is 290 g/mol. The molecule has 1 aromatic carbocycles. The van der Waals surface area contributed by atoms with Crippen LogP contribution in [0.5, 0.6) is 0 Å². The average Bonchev–Trinajstić information content (AvgIpc) is 2.45. The van der Waals surface area contributed by atoms with Gasteiger partial charge in [0.1, 0.15) is 0 Å². The molecule has 0 spiro atoms. The first kappa shape index (κ1) is 14.8. The SMILES string of the molecule is CC(C)C(CO)Nc1cncc(-c2cccc(Cl)c2)c1. The van der Waals surface area contributed by atoms with Gasteiger partial charge in [0.15, 0.2) is 0 Å². The first-order valence-electron chi connectivity index (χ1n) is 6.68. The highest BCUT2D eigenvalue weighted by Crippen LogP contribution is 2.24. The lowest BCUT2D eigenvalue weighted by molar-refractivity contribution is 0.249. The number of halogens is 1. The van der Waals surface area contributed by atoms with E-state index in [4.69, 9.17) is 11.6 Å². The standard InChI is InChI=1S/C16H19ClN2O/c1-11(2)16(10-20)19-15-7-13(8-18-9-15)12-4-3-5-14(17)6-12/h3-9,11,16,19-20H,10H2,1-2H3. The Morgan fingerprint density at radius 1 is 1.20 bits per heavy atom. The fraction of sp³-hybridized carbons (Fsp3) is 0.312. The van der Waals surface area contributed by atoms with E-state index in [2.05, 4.69) is 24.1 Å². The summed E-state index contributed by atoms with van der Waals surface area (Å²) in [5.41, 5.74) is 2.92. The van der Waals surface area contributed by atoms with Crippen LogP contribution < -0.4 is 5.32 Å². The molecule has 1 unspecified atom stereocenters. The Morgan fingerprint density at radius 2 is 2.00 bits per heavy atom. The minimum absolute atomic E-state index is 0.0198. The van der Waals surface area contributed by atoms with E-state index in [0.29, 0.717) is 10.9 Å². The molecule has 106 valence electrons.